The molecule has 0 radical (unpaired) electrons. The van der Waals surface area contributed by atoms with Crippen LogP contribution in [-0.4, -0.2) is 72.5 Å². The minimum atomic E-state index is -0.984. The van der Waals surface area contributed by atoms with Gasteiger partial charge in [0.25, 0.3) is 5.91 Å². The number of halogens is 1. The van der Waals surface area contributed by atoms with E-state index in [4.69, 9.17) is 0 Å². The number of likely N-dealkylation sites (tertiary alicyclic amines) is 1. The van der Waals surface area contributed by atoms with E-state index in [1.165, 1.54) is 28.2 Å². The molecule has 0 bridgehead atoms. The van der Waals surface area contributed by atoms with Crippen LogP contribution in [0.4, 0.5) is 9.18 Å². The third-order valence-corrected chi connectivity index (χ3v) is 7.36. The van der Waals surface area contributed by atoms with Gasteiger partial charge in [0.1, 0.15) is 11.4 Å². The quantitative estimate of drug-likeness (QED) is 0.555. The molecule has 1 atom stereocenters. The number of imide groups is 1. The second-order valence-corrected chi connectivity index (χ2v) is 10.4. The highest BCUT2D eigenvalue weighted by Crippen LogP contribution is 2.37. The number of amides is 3. The zero-order valence-corrected chi connectivity index (χ0v) is 21.1. The number of nitrogens with one attached hydrogen (secondary N) is 1. The van der Waals surface area contributed by atoms with Crippen LogP contribution in [-0.2, 0) is 17.8 Å². The first-order chi connectivity index (χ1) is 16.8. The van der Waals surface area contributed by atoms with E-state index < -0.39 is 5.54 Å². The van der Waals surface area contributed by atoms with Crippen molar-refractivity contribution in [1.82, 2.24) is 20.0 Å². The molecule has 3 amide bonds. The molecule has 2 aliphatic rings. The highest BCUT2D eigenvalue weighted by molar-refractivity contribution is 6.07. The number of carbonyl (C=O) groups excluding carboxylic acids is 2. The standard InChI is InChI=1S/C28H37FN4O2/c1-21-6-4-7-23(18-21)20-32-16-12-24(13-17-32)28(19-22-8-10-25(29)11-9-22)26(34)33(27(35)30-28)15-5-14-31(2)3/h4,6-11,18,24H,5,12-17,19-20H2,1-3H3,(H,30,35). The van der Waals surface area contributed by atoms with Crippen LogP contribution in [0, 0.1) is 18.7 Å². The van der Waals surface area contributed by atoms with Crippen molar-refractivity contribution in [2.45, 2.75) is 44.7 Å². The van der Waals surface area contributed by atoms with E-state index in [9.17, 15) is 14.0 Å². The minimum Gasteiger partial charge on any atom is -0.322 e. The van der Waals surface area contributed by atoms with Crippen LogP contribution in [0.15, 0.2) is 48.5 Å². The Morgan fingerprint density at radius 1 is 1.06 bits per heavy atom. The predicted octanol–water partition coefficient (Wildman–Crippen LogP) is 3.83. The van der Waals surface area contributed by atoms with Crippen LogP contribution >= 0.6 is 0 Å². The number of hydrogen-bond donors (Lipinski definition) is 1. The fraction of sp³-hybridized carbons (Fsp3) is 0.500. The van der Waals surface area contributed by atoms with Gasteiger partial charge in [0.05, 0.1) is 0 Å². The van der Waals surface area contributed by atoms with Gasteiger partial charge in [-0.2, -0.15) is 0 Å². The predicted molar refractivity (Wildman–Crippen MR) is 135 cm³/mol. The van der Waals surface area contributed by atoms with Crippen LogP contribution in [0.5, 0.6) is 0 Å². The normalized spacial score (nSPS) is 21.7. The Kier molecular flexibility index (Phi) is 7.87. The summed E-state index contributed by atoms with van der Waals surface area (Å²) in [4.78, 5) is 32.7. The third-order valence-electron chi connectivity index (χ3n) is 7.36. The summed E-state index contributed by atoms with van der Waals surface area (Å²) in [6, 6.07) is 14.5. The van der Waals surface area contributed by atoms with E-state index in [0.29, 0.717) is 13.0 Å². The van der Waals surface area contributed by atoms with E-state index >= 15 is 0 Å². The molecule has 6 nitrogen and oxygen atoms in total. The molecule has 2 aromatic carbocycles. The maximum Gasteiger partial charge on any atom is 0.325 e. The summed E-state index contributed by atoms with van der Waals surface area (Å²) in [7, 11) is 3.96. The summed E-state index contributed by atoms with van der Waals surface area (Å²) in [5.41, 5.74) is 2.42. The van der Waals surface area contributed by atoms with Crippen molar-refractivity contribution in [3.63, 3.8) is 0 Å². The average Bonchev–Trinajstić information content (AvgIpc) is 3.06. The van der Waals surface area contributed by atoms with E-state index in [0.717, 1.165) is 51.0 Å². The highest BCUT2D eigenvalue weighted by atomic mass is 19.1. The Bertz CT molecular complexity index is 1030. The fourth-order valence-corrected chi connectivity index (χ4v) is 5.51. The summed E-state index contributed by atoms with van der Waals surface area (Å²) in [5, 5.41) is 3.12. The molecule has 188 valence electrons. The van der Waals surface area contributed by atoms with Crippen molar-refractivity contribution < 1.29 is 14.0 Å². The van der Waals surface area contributed by atoms with Gasteiger partial charge in [0.2, 0.25) is 0 Å². The minimum absolute atomic E-state index is 0.0246. The van der Waals surface area contributed by atoms with Gasteiger partial charge in [0, 0.05) is 19.5 Å². The van der Waals surface area contributed by atoms with Crippen LogP contribution in [0.2, 0.25) is 0 Å². The molecule has 0 aromatic heterocycles. The van der Waals surface area contributed by atoms with Gasteiger partial charge >= 0.3 is 6.03 Å². The van der Waals surface area contributed by atoms with Gasteiger partial charge < -0.3 is 10.2 Å². The molecular weight excluding hydrogens is 443 g/mol. The molecule has 2 saturated heterocycles. The van der Waals surface area contributed by atoms with Crippen molar-refractivity contribution in [1.29, 1.82) is 0 Å². The molecule has 0 aliphatic carbocycles. The number of carbonyl (C=O) groups is 2. The monoisotopic (exact) mass is 480 g/mol. The van der Waals surface area contributed by atoms with Gasteiger partial charge in [0.15, 0.2) is 0 Å². The molecule has 7 heteroatoms. The topological polar surface area (TPSA) is 55.9 Å². The number of benzene rings is 2. The van der Waals surface area contributed by atoms with E-state index in [2.05, 4.69) is 41.4 Å². The van der Waals surface area contributed by atoms with E-state index in [1.807, 2.05) is 19.0 Å². The largest absolute Gasteiger partial charge is 0.325 e. The average molecular weight is 481 g/mol. The van der Waals surface area contributed by atoms with Gasteiger partial charge in [-0.25, -0.2) is 9.18 Å². The number of urea groups is 1. The SMILES string of the molecule is Cc1cccc(CN2CCC(C3(Cc4ccc(F)cc4)NC(=O)N(CCCN(C)C)C3=O)CC2)c1. The molecular formula is C28H37FN4O2. The molecule has 2 fully saturated rings. The zero-order valence-electron chi connectivity index (χ0n) is 21.1. The fourth-order valence-electron chi connectivity index (χ4n) is 5.51. The van der Waals surface area contributed by atoms with Crippen LogP contribution < -0.4 is 5.32 Å². The molecule has 35 heavy (non-hydrogen) atoms. The first-order valence-corrected chi connectivity index (χ1v) is 12.6. The van der Waals surface area contributed by atoms with Crippen molar-refractivity contribution in [2.75, 3.05) is 40.3 Å². The highest BCUT2D eigenvalue weighted by Gasteiger charge is 2.55. The maximum absolute atomic E-state index is 13.8. The lowest BCUT2D eigenvalue weighted by atomic mass is 9.74. The Morgan fingerprint density at radius 2 is 1.77 bits per heavy atom. The third kappa shape index (κ3) is 5.90. The van der Waals surface area contributed by atoms with E-state index in [-0.39, 0.29) is 23.7 Å². The Labute approximate surface area is 208 Å². The smallest absolute Gasteiger partial charge is 0.322 e. The Balaban J connectivity index is 1.51. The summed E-state index contributed by atoms with van der Waals surface area (Å²) in [5.74, 6) is -0.418. The number of hydrogen-bond acceptors (Lipinski definition) is 4. The number of piperidine rings is 1. The van der Waals surface area contributed by atoms with Crippen molar-refractivity contribution in [3.05, 3.63) is 71.0 Å². The second-order valence-electron chi connectivity index (χ2n) is 10.4. The molecule has 1 unspecified atom stereocenters. The lowest BCUT2D eigenvalue weighted by molar-refractivity contribution is -0.134. The maximum atomic E-state index is 13.8. The van der Waals surface area contributed by atoms with Gasteiger partial charge in [-0.1, -0.05) is 42.0 Å². The summed E-state index contributed by atoms with van der Waals surface area (Å²) < 4.78 is 13.5. The Hall–Kier alpha value is -2.77. The molecule has 2 heterocycles. The van der Waals surface area contributed by atoms with Crippen LogP contribution in [0.25, 0.3) is 0 Å². The van der Waals surface area contributed by atoms with Gasteiger partial charge in [-0.3, -0.25) is 14.6 Å². The lowest BCUT2D eigenvalue weighted by Crippen LogP contribution is -2.57. The first-order valence-electron chi connectivity index (χ1n) is 12.6. The Morgan fingerprint density at radius 3 is 2.43 bits per heavy atom. The zero-order chi connectivity index (χ0) is 25.0. The van der Waals surface area contributed by atoms with Crippen molar-refractivity contribution in [3.8, 4) is 0 Å². The molecule has 1 N–H and O–H groups in total. The molecule has 2 aromatic rings. The van der Waals surface area contributed by atoms with Crippen LogP contribution in [0.1, 0.15) is 36.0 Å². The lowest BCUT2D eigenvalue weighted by Gasteiger charge is -2.41. The second kappa shape index (κ2) is 10.9. The molecule has 0 saturated carbocycles. The number of aryl methyl sites for hydroxylation is 1. The molecule has 2 aliphatic heterocycles. The number of nitrogens with zero attached hydrogens (tertiary/aromatic N) is 3. The van der Waals surface area contributed by atoms with Crippen LogP contribution in [0.3, 0.4) is 0 Å². The van der Waals surface area contributed by atoms with Gasteiger partial charge in [-0.05, 0) is 89.1 Å². The summed E-state index contributed by atoms with van der Waals surface area (Å²) in [6.45, 7) is 5.94. The summed E-state index contributed by atoms with van der Waals surface area (Å²) in [6.07, 6.45) is 2.76. The van der Waals surface area contributed by atoms with Crippen molar-refractivity contribution in [2.24, 2.45) is 5.92 Å². The summed E-state index contributed by atoms with van der Waals surface area (Å²) >= 11 is 0. The first kappa shape index (κ1) is 25.3. The van der Waals surface area contributed by atoms with Gasteiger partial charge in [-0.15, -0.1) is 0 Å². The molecule has 4 rings (SSSR count). The molecule has 0 spiro atoms. The number of rotatable bonds is 9. The van der Waals surface area contributed by atoms with Crippen molar-refractivity contribution >= 4 is 11.9 Å². The van der Waals surface area contributed by atoms with E-state index in [1.54, 1.807) is 12.1 Å².